The maximum absolute atomic E-state index is 9.32. The highest BCUT2D eigenvalue weighted by Gasteiger charge is 2.30. The van der Waals surface area contributed by atoms with Crippen molar-refractivity contribution in [1.82, 2.24) is 4.90 Å². The van der Waals surface area contributed by atoms with Crippen molar-refractivity contribution in [1.29, 1.82) is 0 Å². The van der Waals surface area contributed by atoms with Gasteiger partial charge in [-0.1, -0.05) is 20.3 Å². The maximum Gasteiger partial charge on any atom is 0.0586 e. The summed E-state index contributed by atoms with van der Waals surface area (Å²) in [5.74, 6) is 0. The summed E-state index contributed by atoms with van der Waals surface area (Å²) in [6, 6.07) is 0.551. The number of hydrogen-bond acceptors (Lipinski definition) is 3. The Morgan fingerprint density at radius 2 is 2.13 bits per heavy atom. The number of rotatable bonds is 4. The highest BCUT2D eigenvalue weighted by atomic mass is 16.3. The van der Waals surface area contributed by atoms with E-state index in [1.165, 1.54) is 12.8 Å². The van der Waals surface area contributed by atoms with Crippen molar-refractivity contribution in [2.75, 3.05) is 19.7 Å². The van der Waals surface area contributed by atoms with Gasteiger partial charge < -0.3 is 10.8 Å². The summed E-state index contributed by atoms with van der Waals surface area (Å²) in [5.41, 5.74) is 6.11. The summed E-state index contributed by atoms with van der Waals surface area (Å²) in [6.07, 6.45) is 3.64. The number of hydrogen-bond donors (Lipinski definition) is 2. The Balaban J connectivity index is 2.54. The standard InChI is InChI=1S/C12H26N2O/c1-10(13)12(2,3)9-14-7-5-4-6-11(14)8-15/h10-11,15H,4-9,13H2,1-3H3. The zero-order valence-corrected chi connectivity index (χ0v) is 10.4. The second-order valence-corrected chi connectivity index (χ2v) is 5.58. The van der Waals surface area contributed by atoms with E-state index in [2.05, 4.69) is 25.7 Å². The lowest BCUT2D eigenvalue weighted by molar-refractivity contribution is 0.0516. The van der Waals surface area contributed by atoms with E-state index in [1.807, 2.05) is 0 Å². The predicted octanol–water partition coefficient (Wildman–Crippen LogP) is 1.21. The van der Waals surface area contributed by atoms with E-state index < -0.39 is 0 Å². The molecule has 1 rings (SSSR count). The molecule has 0 aromatic heterocycles. The van der Waals surface area contributed by atoms with Gasteiger partial charge in [0.15, 0.2) is 0 Å². The maximum atomic E-state index is 9.32. The molecule has 0 aliphatic carbocycles. The Bertz CT molecular complexity index is 192. The van der Waals surface area contributed by atoms with Gasteiger partial charge >= 0.3 is 0 Å². The molecule has 1 fully saturated rings. The first-order valence-corrected chi connectivity index (χ1v) is 6.08. The van der Waals surface area contributed by atoms with Gasteiger partial charge in [0.2, 0.25) is 0 Å². The normalized spacial score (nSPS) is 26.6. The van der Waals surface area contributed by atoms with Gasteiger partial charge in [-0.15, -0.1) is 0 Å². The lowest BCUT2D eigenvalue weighted by Crippen LogP contribution is -2.50. The smallest absolute Gasteiger partial charge is 0.0586 e. The van der Waals surface area contributed by atoms with Gasteiger partial charge in [-0.2, -0.15) is 0 Å². The Morgan fingerprint density at radius 3 is 2.67 bits per heavy atom. The molecule has 0 radical (unpaired) electrons. The minimum Gasteiger partial charge on any atom is -0.395 e. The highest BCUT2D eigenvalue weighted by molar-refractivity contribution is 4.85. The summed E-state index contributed by atoms with van der Waals surface area (Å²) < 4.78 is 0. The van der Waals surface area contributed by atoms with E-state index in [0.717, 1.165) is 19.5 Å². The molecule has 0 bridgehead atoms. The van der Waals surface area contributed by atoms with Crippen LogP contribution in [0.1, 0.15) is 40.0 Å². The van der Waals surface area contributed by atoms with Crippen LogP contribution in [0.25, 0.3) is 0 Å². The average Bonchev–Trinajstić information content (AvgIpc) is 2.18. The summed E-state index contributed by atoms with van der Waals surface area (Å²) in [6.45, 7) is 8.88. The molecular weight excluding hydrogens is 188 g/mol. The van der Waals surface area contributed by atoms with Crippen LogP contribution in [0, 0.1) is 5.41 Å². The zero-order chi connectivity index (χ0) is 11.5. The molecule has 2 unspecified atom stereocenters. The quantitative estimate of drug-likeness (QED) is 0.739. The SMILES string of the molecule is CC(N)C(C)(C)CN1CCCCC1CO. The van der Waals surface area contributed by atoms with Crippen molar-refractivity contribution in [2.45, 2.75) is 52.1 Å². The van der Waals surface area contributed by atoms with Crippen LogP contribution in [0.5, 0.6) is 0 Å². The molecule has 1 aliphatic rings. The first-order valence-electron chi connectivity index (χ1n) is 6.08. The number of likely N-dealkylation sites (tertiary alicyclic amines) is 1. The fraction of sp³-hybridized carbons (Fsp3) is 1.00. The fourth-order valence-electron chi connectivity index (χ4n) is 2.14. The molecule has 90 valence electrons. The van der Waals surface area contributed by atoms with Crippen LogP contribution < -0.4 is 5.73 Å². The molecule has 3 N–H and O–H groups in total. The third-order valence-corrected chi connectivity index (χ3v) is 3.80. The van der Waals surface area contributed by atoms with Crippen LogP contribution >= 0.6 is 0 Å². The Hall–Kier alpha value is -0.120. The van der Waals surface area contributed by atoms with Gasteiger partial charge in [0.25, 0.3) is 0 Å². The van der Waals surface area contributed by atoms with Gasteiger partial charge in [-0.3, -0.25) is 4.90 Å². The summed E-state index contributed by atoms with van der Waals surface area (Å²) in [7, 11) is 0. The van der Waals surface area contributed by atoms with Crippen molar-refractivity contribution < 1.29 is 5.11 Å². The third-order valence-electron chi connectivity index (χ3n) is 3.80. The van der Waals surface area contributed by atoms with Crippen LogP contribution in [0.3, 0.4) is 0 Å². The van der Waals surface area contributed by atoms with E-state index in [9.17, 15) is 5.11 Å². The van der Waals surface area contributed by atoms with Crippen LogP contribution in [-0.2, 0) is 0 Å². The van der Waals surface area contributed by atoms with Crippen molar-refractivity contribution in [3.63, 3.8) is 0 Å². The van der Waals surface area contributed by atoms with Crippen molar-refractivity contribution in [3.05, 3.63) is 0 Å². The topological polar surface area (TPSA) is 49.5 Å². The number of aliphatic hydroxyl groups excluding tert-OH is 1. The van der Waals surface area contributed by atoms with E-state index in [4.69, 9.17) is 5.73 Å². The fourth-order valence-corrected chi connectivity index (χ4v) is 2.14. The molecule has 0 aromatic rings. The second-order valence-electron chi connectivity index (χ2n) is 5.58. The lowest BCUT2D eigenvalue weighted by Gasteiger charge is -2.41. The predicted molar refractivity (Wildman–Crippen MR) is 63.7 cm³/mol. The van der Waals surface area contributed by atoms with Gasteiger partial charge in [0.05, 0.1) is 6.61 Å². The molecule has 0 aromatic carbocycles. The molecule has 1 aliphatic heterocycles. The van der Waals surface area contributed by atoms with Gasteiger partial charge in [0.1, 0.15) is 0 Å². The molecule has 3 heteroatoms. The van der Waals surface area contributed by atoms with E-state index >= 15 is 0 Å². The third kappa shape index (κ3) is 3.44. The van der Waals surface area contributed by atoms with Crippen LogP contribution in [0.2, 0.25) is 0 Å². The molecule has 0 spiro atoms. The molecule has 1 saturated heterocycles. The molecule has 3 nitrogen and oxygen atoms in total. The number of aliphatic hydroxyl groups is 1. The first-order chi connectivity index (χ1) is 6.97. The first kappa shape index (κ1) is 12.9. The average molecular weight is 214 g/mol. The molecule has 1 heterocycles. The summed E-state index contributed by atoms with van der Waals surface area (Å²) in [5, 5.41) is 9.32. The van der Waals surface area contributed by atoms with Gasteiger partial charge in [0, 0.05) is 18.6 Å². The van der Waals surface area contributed by atoms with Crippen LogP contribution in [-0.4, -0.2) is 41.8 Å². The molecule has 2 atom stereocenters. The zero-order valence-electron chi connectivity index (χ0n) is 10.4. The van der Waals surface area contributed by atoms with E-state index in [1.54, 1.807) is 0 Å². The minimum absolute atomic E-state index is 0.130. The van der Waals surface area contributed by atoms with Crippen LogP contribution in [0.4, 0.5) is 0 Å². The Kier molecular flexibility index (Phi) is 4.56. The van der Waals surface area contributed by atoms with Gasteiger partial charge in [-0.05, 0) is 31.7 Å². The van der Waals surface area contributed by atoms with E-state index in [-0.39, 0.29) is 18.1 Å². The molecule has 15 heavy (non-hydrogen) atoms. The Labute approximate surface area is 93.6 Å². The highest BCUT2D eigenvalue weighted by Crippen LogP contribution is 2.25. The van der Waals surface area contributed by atoms with Crippen molar-refractivity contribution in [3.8, 4) is 0 Å². The van der Waals surface area contributed by atoms with Crippen LogP contribution in [0.15, 0.2) is 0 Å². The molecular formula is C12H26N2O. The van der Waals surface area contributed by atoms with E-state index in [0.29, 0.717) is 6.04 Å². The molecule has 0 amide bonds. The Morgan fingerprint density at radius 1 is 1.47 bits per heavy atom. The number of nitrogens with two attached hydrogens (primary N) is 1. The minimum atomic E-state index is 0.130. The van der Waals surface area contributed by atoms with Gasteiger partial charge in [-0.25, -0.2) is 0 Å². The number of nitrogens with zero attached hydrogens (tertiary/aromatic N) is 1. The van der Waals surface area contributed by atoms with Crippen molar-refractivity contribution in [2.24, 2.45) is 11.1 Å². The largest absolute Gasteiger partial charge is 0.395 e. The summed E-state index contributed by atoms with van der Waals surface area (Å²) in [4.78, 5) is 2.41. The summed E-state index contributed by atoms with van der Waals surface area (Å²) >= 11 is 0. The number of piperidine rings is 1. The van der Waals surface area contributed by atoms with Crippen molar-refractivity contribution >= 4 is 0 Å². The molecule has 0 saturated carbocycles. The lowest BCUT2D eigenvalue weighted by atomic mass is 9.84. The monoisotopic (exact) mass is 214 g/mol. The second kappa shape index (κ2) is 5.28.